The van der Waals surface area contributed by atoms with Gasteiger partial charge >= 0.3 is 0 Å². The third-order valence-corrected chi connectivity index (χ3v) is 3.09. The number of hydrogen-bond donors (Lipinski definition) is 1. The van der Waals surface area contributed by atoms with E-state index in [-0.39, 0.29) is 0 Å². The summed E-state index contributed by atoms with van der Waals surface area (Å²) >= 11 is 0. The van der Waals surface area contributed by atoms with Gasteiger partial charge in [0.15, 0.2) is 5.82 Å². The average molecular weight is 259 g/mol. The Kier molecular flexibility index (Phi) is 5.03. The molecule has 0 aliphatic carbocycles. The molecule has 5 heteroatoms. The highest BCUT2D eigenvalue weighted by Crippen LogP contribution is 2.10. The highest BCUT2D eigenvalue weighted by molar-refractivity contribution is 5.30. The molecule has 0 bridgehead atoms. The van der Waals surface area contributed by atoms with Crippen molar-refractivity contribution in [2.75, 3.05) is 6.54 Å². The number of tetrazole rings is 1. The van der Waals surface area contributed by atoms with Crippen molar-refractivity contribution in [1.29, 1.82) is 0 Å². The standard InChI is InChI=1S/C14H21N5/c1-3-8-12(15-4-2)11-14-16-17-18-19(14)13-9-6-5-7-10-13/h5-7,9-10,12,15H,3-4,8,11H2,1-2H3. The highest BCUT2D eigenvalue weighted by Gasteiger charge is 2.14. The quantitative estimate of drug-likeness (QED) is 0.826. The second kappa shape index (κ2) is 6.99. The Bertz CT molecular complexity index is 474. The van der Waals surface area contributed by atoms with Crippen LogP contribution < -0.4 is 5.32 Å². The zero-order chi connectivity index (χ0) is 13.5. The van der Waals surface area contributed by atoms with E-state index in [0.29, 0.717) is 6.04 Å². The van der Waals surface area contributed by atoms with Crippen LogP contribution in [0.3, 0.4) is 0 Å². The summed E-state index contributed by atoms with van der Waals surface area (Å²) in [5.74, 6) is 0.908. The summed E-state index contributed by atoms with van der Waals surface area (Å²) < 4.78 is 1.82. The molecule has 5 nitrogen and oxygen atoms in total. The molecule has 1 aromatic heterocycles. The maximum absolute atomic E-state index is 4.16. The Morgan fingerprint density at radius 1 is 1.21 bits per heavy atom. The molecule has 1 heterocycles. The lowest BCUT2D eigenvalue weighted by atomic mass is 10.1. The third-order valence-electron chi connectivity index (χ3n) is 3.09. The van der Waals surface area contributed by atoms with Crippen LogP contribution in [0, 0.1) is 0 Å². The summed E-state index contributed by atoms with van der Waals surface area (Å²) in [6.45, 7) is 5.30. The van der Waals surface area contributed by atoms with E-state index in [0.717, 1.165) is 37.3 Å². The van der Waals surface area contributed by atoms with Crippen molar-refractivity contribution in [2.45, 2.75) is 39.2 Å². The van der Waals surface area contributed by atoms with Crippen LogP contribution in [0.15, 0.2) is 30.3 Å². The molecular weight excluding hydrogens is 238 g/mol. The maximum Gasteiger partial charge on any atom is 0.158 e. The zero-order valence-electron chi connectivity index (χ0n) is 11.6. The van der Waals surface area contributed by atoms with E-state index in [4.69, 9.17) is 0 Å². The summed E-state index contributed by atoms with van der Waals surface area (Å²) in [5.41, 5.74) is 1.01. The lowest BCUT2D eigenvalue weighted by Gasteiger charge is -2.16. The molecule has 1 atom stereocenters. The fourth-order valence-electron chi connectivity index (χ4n) is 2.24. The molecule has 0 aliphatic rings. The van der Waals surface area contributed by atoms with Crippen molar-refractivity contribution in [3.63, 3.8) is 0 Å². The first-order chi connectivity index (χ1) is 9.35. The van der Waals surface area contributed by atoms with Crippen molar-refractivity contribution >= 4 is 0 Å². The number of aromatic nitrogens is 4. The van der Waals surface area contributed by atoms with Crippen LogP contribution in [0.1, 0.15) is 32.5 Å². The molecule has 0 saturated carbocycles. The summed E-state index contributed by atoms with van der Waals surface area (Å²) in [7, 11) is 0. The van der Waals surface area contributed by atoms with Crippen molar-refractivity contribution < 1.29 is 0 Å². The summed E-state index contributed by atoms with van der Waals surface area (Å²) in [4.78, 5) is 0. The molecule has 2 aromatic rings. The molecular formula is C14H21N5. The predicted octanol–water partition coefficient (Wildman–Crippen LogP) is 1.98. The molecule has 0 amide bonds. The van der Waals surface area contributed by atoms with Gasteiger partial charge in [0.05, 0.1) is 5.69 Å². The van der Waals surface area contributed by atoms with Gasteiger partial charge in [-0.3, -0.25) is 0 Å². The van der Waals surface area contributed by atoms with E-state index in [1.807, 2.05) is 35.0 Å². The normalized spacial score (nSPS) is 12.5. The molecule has 0 saturated heterocycles. The minimum absolute atomic E-state index is 0.434. The maximum atomic E-state index is 4.16. The van der Waals surface area contributed by atoms with Crippen LogP contribution in [-0.4, -0.2) is 32.8 Å². The van der Waals surface area contributed by atoms with Gasteiger partial charge in [-0.05, 0) is 35.5 Å². The Morgan fingerprint density at radius 3 is 2.68 bits per heavy atom. The number of likely N-dealkylation sites (N-methyl/N-ethyl adjacent to an activating group) is 1. The van der Waals surface area contributed by atoms with E-state index >= 15 is 0 Å². The topological polar surface area (TPSA) is 55.6 Å². The lowest BCUT2D eigenvalue weighted by molar-refractivity contribution is 0.472. The van der Waals surface area contributed by atoms with Gasteiger partial charge in [-0.15, -0.1) is 5.10 Å². The van der Waals surface area contributed by atoms with Crippen LogP contribution in [0.25, 0.3) is 5.69 Å². The van der Waals surface area contributed by atoms with E-state index < -0.39 is 0 Å². The SMILES string of the molecule is CCCC(Cc1nnnn1-c1ccccc1)NCC. The van der Waals surface area contributed by atoms with Crippen LogP contribution in [0.2, 0.25) is 0 Å². The number of benzene rings is 1. The minimum Gasteiger partial charge on any atom is -0.314 e. The van der Waals surface area contributed by atoms with Gasteiger partial charge in [-0.1, -0.05) is 38.5 Å². The first-order valence-electron chi connectivity index (χ1n) is 6.91. The Morgan fingerprint density at radius 2 is 2.00 bits per heavy atom. The first-order valence-corrected chi connectivity index (χ1v) is 6.91. The van der Waals surface area contributed by atoms with Crippen molar-refractivity contribution in [1.82, 2.24) is 25.5 Å². The summed E-state index contributed by atoms with van der Waals surface area (Å²) in [6.07, 6.45) is 3.14. The molecule has 2 rings (SSSR count). The lowest BCUT2D eigenvalue weighted by Crippen LogP contribution is -2.31. The highest BCUT2D eigenvalue weighted by atomic mass is 15.5. The van der Waals surface area contributed by atoms with Gasteiger partial charge in [-0.2, -0.15) is 4.68 Å². The van der Waals surface area contributed by atoms with Gasteiger partial charge in [0, 0.05) is 12.5 Å². The van der Waals surface area contributed by atoms with Crippen LogP contribution in [0.4, 0.5) is 0 Å². The molecule has 0 radical (unpaired) electrons. The van der Waals surface area contributed by atoms with Crippen molar-refractivity contribution in [3.05, 3.63) is 36.2 Å². The monoisotopic (exact) mass is 259 g/mol. The fraction of sp³-hybridized carbons (Fsp3) is 0.500. The van der Waals surface area contributed by atoms with Crippen LogP contribution >= 0.6 is 0 Å². The van der Waals surface area contributed by atoms with Gasteiger partial charge in [0.1, 0.15) is 0 Å². The van der Waals surface area contributed by atoms with E-state index in [1.54, 1.807) is 0 Å². The number of para-hydroxylation sites is 1. The number of nitrogens with zero attached hydrogens (tertiary/aromatic N) is 4. The molecule has 1 unspecified atom stereocenters. The zero-order valence-corrected chi connectivity index (χ0v) is 11.6. The Hall–Kier alpha value is -1.75. The number of hydrogen-bond acceptors (Lipinski definition) is 4. The van der Waals surface area contributed by atoms with E-state index in [2.05, 4.69) is 34.7 Å². The van der Waals surface area contributed by atoms with Crippen LogP contribution in [-0.2, 0) is 6.42 Å². The summed E-state index contributed by atoms with van der Waals surface area (Å²) in [5, 5.41) is 15.5. The number of rotatable bonds is 7. The summed E-state index contributed by atoms with van der Waals surface area (Å²) in [6, 6.07) is 10.4. The van der Waals surface area contributed by atoms with E-state index in [1.165, 1.54) is 0 Å². The van der Waals surface area contributed by atoms with Crippen molar-refractivity contribution in [3.8, 4) is 5.69 Å². The molecule has 1 N–H and O–H groups in total. The van der Waals surface area contributed by atoms with Crippen LogP contribution in [0.5, 0.6) is 0 Å². The molecule has 19 heavy (non-hydrogen) atoms. The molecule has 0 aliphatic heterocycles. The Balaban J connectivity index is 2.15. The van der Waals surface area contributed by atoms with Gasteiger partial charge < -0.3 is 5.32 Å². The molecule has 0 spiro atoms. The predicted molar refractivity (Wildman–Crippen MR) is 75.2 cm³/mol. The van der Waals surface area contributed by atoms with Gasteiger partial charge in [-0.25, -0.2) is 0 Å². The van der Waals surface area contributed by atoms with Crippen molar-refractivity contribution in [2.24, 2.45) is 0 Å². The second-order valence-electron chi connectivity index (χ2n) is 4.59. The second-order valence-corrected chi connectivity index (χ2v) is 4.59. The van der Waals surface area contributed by atoms with Gasteiger partial charge in [0.25, 0.3) is 0 Å². The molecule has 1 aromatic carbocycles. The number of nitrogens with one attached hydrogen (secondary N) is 1. The first kappa shape index (κ1) is 13.7. The minimum atomic E-state index is 0.434. The van der Waals surface area contributed by atoms with E-state index in [9.17, 15) is 0 Å². The van der Waals surface area contributed by atoms with Gasteiger partial charge in [0.2, 0.25) is 0 Å². The average Bonchev–Trinajstić information content (AvgIpc) is 2.88. The third kappa shape index (κ3) is 3.61. The largest absolute Gasteiger partial charge is 0.314 e. The molecule has 102 valence electrons. The molecule has 0 fully saturated rings. The fourth-order valence-corrected chi connectivity index (χ4v) is 2.24. The smallest absolute Gasteiger partial charge is 0.158 e. The Labute approximate surface area is 114 Å².